The van der Waals surface area contributed by atoms with Crippen LogP contribution in [0.15, 0.2) is 39.8 Å². The van der Waals surface area contributed by atoms with Gasteiger partial charge in [-0.2, -0.15) is 0 Å². The van der Waals surface area contributed by atoms with E-state index in [1.54, 1.807) is 12.1 Å². The van der Waals surface area contributed by atoms with E-state index in [1.807, 2.05) is 0 Å². The van der Waals surface area contributed by atoms with Crippen molar-refractivity contribution in [3.8, 4) is 11.6 Å². The lowest BCUT2D eigenvalue weighted by Gasteiger charge is -2.10. The zero-order valence-electron chi connectivity index (χ0n) is 10.6. The van der Waals surface area contributed by atoms with Gasteiger partial charge in [0, 0.05) is 11.1 Å². The summed E-state index contributed by atoms with van der Waals surface area (Å²) in [6.07, 6.45) is 1.18. The Kier molecular flexibility index (Phi) is 5.11. The van der Waals surface area contributed by atoms with Crippen molar-refractivity contribution < 1.29 is 13.2 Å². The molecule has 21 heavy (non-hydrogen) atoms. The Morgan fingerprint density at radius 1 is 1.29 bits per heavy atom. The van der Waals surface area contributed by atoms with Gasteiger partial charge in [0.15, 0.2) is 0 Å². The molecule has 1 heterocycles. The summed E-state index contributed by atoms with van der Waals surface area (Å²) in [4.78, 5) is 3.98. The Morgan fingerprint density at radius 2 is 2.00 bits per heavy atom. The number of sulfonamides is 1. The molecule has 9 heteroatoms. The highest BCUT2D eigenvalue weighted by molar-refractivity contribution is 9.10. The second-order valence-corrected chi connectivity index (χ2v) is 7.43. The van der Waals surface area contributed by atoms with Crippen LogP contribution in [0.25, 0.3) is 0 Å². The molecule has 112 valence electrons. The van der Waals surface area contributed by atoms with E-state index in [9.17, 15) is 8.42 Å². The fourth-order valence-corrected chi connectivity index (χ4v) is 3.01. The molecule has 1 aromatic carbocycles. The van der Waals surface area contributed by atoms with Crippen molar-refractivity contribution in [2.24, 2.45) is 0 Å². The van der Waals surface area contributed by atoms with E-state index >= 15 is 0 Å². The minimum Gasteiger partial charge on any atom is -0.436 e. The molecule has 0 spiro atoms. The second kappa shape index (κ2) is 6.50. The third-order valence-electron chi connectivity index (χ3n) is 2.46. The number of nitrogens with one attached hydrogen (secondary N) is 1. The van der Waals surface area contributed by atoms with Gasteiger partial charge in [-0.15, -0.1) is 0 Å². The molecule has 0 bridgehead atoms. The first-order valence-electron chi connectivity index (χ1n) is 5.55. The largest absolute Gasteiger partial charge is 0.436 e. The monoisotopic (exact) mass is 410 g/mol. The number of pyridine rings is 1. The maximum atomic E-state index is 11.7. The Bertz CT molecular complexity index is 784. The lowest BCUT2D eigenvalue weighted by molar-refractivity contribution is 0.458. The zero-order valence-corrected chi connectivity index (χ0v) is 14.5. The van der Waals surface area contributed by atoms with Crippen LogP contribution in [-0.4, -0.2) is 20.4 Å². The molecule has 0 fully saturated rings. The van der Waals surface area contributed by atoms with Gasteiger partial charge in [-0.05, 0) is 41.2 Å². The van der Waals surface area contributed by atoms with E-state index in [0.717, 1.165) is 0 Å². The molecular formula is C12H9BrCl2N2O3S. The minimum atomic E-state index is -3.57. The fourth-order valence-electron chi connectivity index (χ4n) is 1.41. The molecule has 0 aliphatic rings. The Morgan fingerprint density at radius 3 is 2.62 bits per heavy atom. The van der Waals surface area contributed by atoms with Crippen molar-refractivity contribution >= 4 is 49.2 Å². The van der Waals surface area contributed by atoms with Crippen molar-refractivity contribution in [2.75, 3.05) is 7.05 Å². The van der Waals surface area contributed by atoms with Crippen molar-refractivity contribution in [3.05, 3.63) is 45.0 Å². The number of aromatic nitrogens is 1. The van der Waals surface area contributed by atoms with Gasteiger partial charge in [0.2, 0.25) is 15.9 Å². The quantitative estimate of drug-likeness (QED) is 0.829. The molecule has 0 amide bonds. The van der Waals surface area contributed by atoms with E-state index in [-0.39, 0.29) is 10.8 Å². The number of rotatable bonds is 4. The molecule has 0 aliphatic carbocycles. The Balaban J connectivity index is 2.36. The highest BCUT2D eigenvalue weighted by Gasteiger charge is 2.16. The van der Waals surface area contributed by atoms with Crippen molar-refractivity contribution in [1.82, 2.24) is 9.71 Å². The van der Waals surface area contributed by atoms with Crippen LogP contribution in [0.5, 0.6) is 11.6 Å². The van der Waals surface area contributed by atoms with Crippen LogP contribution in [0, 0.1) is 0 Å². The number of hydrogen-bond donors (Lipinski definition) is 1. The summed E-state index contributed by atoms with van der Waals surface area (Å²) >= 11 is 15.1. The first-order chi connectivity index (χ1) is 9.83. The third-order valence-corrected chi connectivity index (χ3v) is 4.96. The number of benzene rings is 1. The first kappa shape index (κ1) is 16.5. The van der Waals surface area contributed by atoms with E-state index < -0.39 is 10.0 Å². The van der Waals surface area contributed by atoms with Gasteiger partial charge in [-0.1, -0.05) is 23.2 Å². The average Bonchev–Trinajstić information content (AvgIpc) is 2.44. The van der Waals surface area contributed by atoms with E-state index in [4.69, 9.17) is 27.9 Å². The van der Waals surface area contributed by atoms with Gasteiger partial charge < -0.3 is 4.74 Å². The summed E-state index contributed by atoms with van der Waals surface area (Å²) < 4.78 is 31.4. The van der Waals surface area contributed by atoms with Gasteiger partial charge in [0.25, 0.3) is 0 Å². The molecule has 0 atom stereocenters. The van der Waals surface area contributed by atoms with Crippen LogP contribution in [0.3, 0.4) is 0 Å². The predicted molar refractivity (Wildman–Crippen MR) is 84.7 cm³/mol. The van der Waals surface area contributed by atoms with E-state index in [0.29, 0.717) is 20.3 Å². The van der Waals surface area contributed by atoms with E-state index in [1.165, 1.54) is 25.4 Å². The van der Waals surface area contributed by atoms with Crippen molar-refractivity contribution in [3.63, 3.8) is 0 Å². The SMILES string of the molecule is CNS(=O)(=O)c1cnc(Oc2cc(Cl)ccc2Cl)c(Br)c1. The highest BCUT2D eigenvalue weighted by Crippen LogP contribution is 2.34. The minimum absolute atomic E-state index is 0.0152. The van der Waals surface area contributed by atoms with Crippen molar-refractivity contribution in [1.29, 1.82) is 0 Å². The smallest absolute Gasteiger partial charge is 0.241 e. The summed E-state index contributed by atoms with van der Waals surface area (Å²) in [7, 11) is -2.25. The van der Waals surface area contributed by atoms with Crippen LogP contribution >= 0.6 is 39.1 Å². The molecule has 1 N–H and O–H groups in total. The molecule has 2 rings (SSSR count). The van der Waals surface area contributed by atoms with Gasteiger partial charge >= 0.3 is 0 Å². The maximum Gasteiger partial charge on any atom is 0.241 e. The lowest BCUT2D eigenvalue weighted by atomic mass is 10.3. The number of hydrogen-bond acceptors (Lipinski definition) is 4. The lowest BCUT2D eigenvalue weighted by Crippen LogP contribution is -2.18. The standard InChI is InChI=1S/C12H9BrCl2N2O3S/c1-16-21(18,19)8-5-9(13)12(17-6-8)20-11-4-7(14)2-3-10(11)15/h2-6,16H,1H3. The zero-order chi connectivity index (χ0) is 15.6. The van der Waals surface area contributed by atoms with Crippen LogP contribution in [-0.2, 0) is 10.0 Å². The summed E-state index contributed by atoms with van der Waals surface area (Å²) in [6, 6.07) is 6.14. The van der Waals surface area contributed by atoms with Crippen LogP contribution in [0.2, 0.25) is 10.0 Å². The van der Waals surface area contributed by atoms with Gasteiger partial charge in [0.1, 0.15) is 10.6 Å². The third kappa shape index (κ3) is 3.87. The Hall–Kier alpha value is -0.860. The summed E-state index contributed by atoms with van der Waals surface area (Å²) in [6.45, 7) is 0. The number of ether oxygens (including phenoxy) is 1. The molecule has 0 saturated carbocycles. The number of nitrogens with zero attached hydrogens (tertiary/aromatic N) is 1. The molecule has 0 unspecified atom stereocenters. The van der Waals surface area contributed by atoms with Crippen LogP contribution in [0.1, 0.15) is 0 Å². The van der Waals surface area contributed by atoms with Gasteiger partial charge in [-0.3, -0.25) is 0 Å². The molecule has 0 radical (unpaired) electrons. The predicted octanol–water partition coefficient (Wildman–Crippen LogP) is 3.85. The Labute approximate surface area is 140 Å². The molecule has 5 nitrogen and oxygen atoms in total. The second-order valence-electron chi connectivity index (χ2n) is 3.84. The topological polar surface area (TPSA) is 68.3 Å². The molecule has 1 aromatic heterocycles. The summed E-state index contributed by atoms with van der Waals surface area (Å²) in [5.41, 5.74) is 0. The normalized spacial score (nSPS) is 11.4. The highest BCUT2D eigenvalue weighted by atomic mass is 79.9. The van der Waals surface area contributed by atoms with Gasteiger partial charge in [-0.25, -0.2) is 18.1 Å². The van der Waals surface area contributed by atoms with Crippen LogP contribution < -0.4 is 9.46 Å². The van der Waals surface area contributed by atoms with Gasteiger partial charge in [0.05, 0.1) is 15.7 Å². The van der Waals surface area contributed by atoms with Crippen LogP contribution in [0.4, 0.5) is 0 Å². The molecule has 2 aromatic rings. The molecule has 0 saturated heterocycles. The maximum absolute atomic E-state index is 11.7. The summed E-state index contributed by atoms with van der Waals surface area (Å²) in [5.74, 6) is 0.496. The fraction of sp³-hybridized carbons (Fsp3) is 0.0833. The molecular weight excluding hydrogens is 403 g/mol. The first-order valence-corrected chi connectivity index (χ1v) is 8.58. The van der Waals surface area contributed by atoms with Crippen molar-refractivity contribution in [2.45, 2.75) is 4.90 Å². The number of halogens is 3. The van der Waals surface area contributed by atoms with E-state index in [2.05, 4.69) is 25.6 Å². The average molecular weight is 412 g/mol. The molecule has 0 aliphatic heterocycles. The summed E-state index contributed by atoms with van der Waals surface area (Å²) in [5, 5.41) is 0.819.